The fourth-order valence-electron chi connectivity index (χ4n) is 1.59. The molecular weight excluding hydrogens is 188 g/mol. The fourth-order valence-corrected chi connectivity index (χ4v) is 1.59. The van der Waals surface area contributed by atoms with Crippen LogP contribution in [0.15, 0.2) is 12.3 Å². The van der Waals surface area contributed by atoms with E-state index in [-0.39, 0.29) is 0 Å². The third-order valence-corrected chi connectivity index (χ3v) is 2.60. The second-order valence-corrected chi connectivity index (χ2v) is 4.09. The standard InChI is InChI=1S/C11H18N4/c1-3-12-11-13-7-6-10(14-11)15(2)8-9-4-5-9/h6-7,9H,3-5,8H2,1-2H3,(H,12,13,14). The number of anilines is 2. The maximum atomic E-state index is 4.45. The molecule has 4 nitrogen and oxygen atoms in total. The molecule has 1 N–H and O–H groups in total. The fraction of sp³-hybridized carbons (Fsp3) is 0.636. The first-order valence-corrected chi connectivity index (χ1v) is 5.57. The van der Waals surface area contributed by atoms with Gasteiger partial charge < -0.3 is 10.2 Å². The summed E-state index contributed by atoms with van der Waals surface area (Å²) in [6.07, 6.45) is 4.55. The van der Waals surface area contributed by atoms with Gasteiger partial charge in [0.25, 0.3) is 0 Å². The number of rotatable bonds is 5. The van der Waals surface area contributed by atoms with Crippen LogP contribution in [0.3, 0.4) is 0 Å². The van der Waals surface area contributed by atoms with Gasteiger partial charge in [-0.1, -0.05) is 0 Å². The lowest BCUT2D eigenvalue weighted by molar-refractivity contribution is 0.775. The van der Waals surface area contributed by atoms with Crippen LogP contribution in [0.1, 0.15) is 19.8 Å². The molecule has 2 rings (SSSR count). The van der Waals surface area contributed by atoms with Crippen LogP contribution in [0, 0.1) is 5.92 Å². The third kappa shape index (κ3) is 2.81. The van der Waals surface area contributed by atoms with E-state index in [1.165, 1.54) is 12.8 Å². The van der Waals surface area contributed by atoms with E-state index in [2.05, 4.69) is 27.2 Å². The van der Waals surface area contributed by atoms with Crippen molar-refractivity contribution in [1.82, 2.24) is 9.97 Å². The highest BCUT2D eigenvalue weighted by Gasteiger charge is 2.23. The molecule has 0 amide bonds. The van der Waals surface area contributed by atoms with Crippen LogP contribution < -0.4 is 10.2 Å². The van der Waals surface area contributed by atoms with E-state index < -0.39 is 0 Å². The second kappa shape index (κ2) is 4.47. The molecule has 0 saturated heterocycles. The van der Waals surface area contributed by atoms with Gasteiger partial charge in [-0.2, -0.15) is 4.98 Å². The molecule has 15 heavy (non-hydrogen) atoms. The molecule has 0 radical (unpaired) electrons. The molecule has 1 fully saturated rings. The Morgan fingerprint density at radius 2 is 2.33 bits per heavy atom. The Morgan fingerprint density at radius 1 is 1.53 bits per heavy atom. The van der Waals surface area contributed by atoms with Crippen LogP contribution in [-0.2, 0) is 0 Å². The lowest BCUT2D eigenvalue weighted by Gasteiger charge is -2.17. The molecule has 0 spiro atoms. The van der Waals surface area contributed by atoms with Crippen molar-refractivity contribution in [1.29, 1.82) is 0 Å². The van der Waals surface area contributed by atoms with Crippen molar-refractivity contribution >= 4 is 11.8 Å². The van der Waals surface area contributed by atoms with Gasteiger partial charge in [0.2, 0.25) is 5.95 Å². The van der Waals surface area contributed by atoms with Crippen molar-refractivity contribution in [2.45, 2.75) is 19.8 Å². The van der Waals surface area contributed by atoms with Gasteiger partial charge in [-0.05, 0) is 31.7 Å². The van der Waals surface area contributed by atoms with Gasteiger partial charge >= 0.3 is 0 Å². The summed E-state index contributed by atoms with van der Waals surface area (Å²) in [6, 6.07) is 1.96. The summed E-state index contributed by atoms with van der Waals surface area (Å²) in [5.41, 5.74) is 0. The van der Waals surface area contributed by atoms with Gasteiger partial charge in [-0.15, -0.1) is 0 Å². The van der Waals surface area contributed by atoms with Crippen molar-refractivity contribution in [3.05, 3.63) is 12.3 Å². The van der Waals surface area contributed by atoms with Gasteiger partial charge in [0, 0.05) is 26.3 Å². The molecule has 0 aromatic carbocycles. The smallest absolute Gasteiger partial charge is 0.224 e. The Morgan fingerprint density at radius 3 is 3.00 bits per heavy atom. The summed E-state index contributed by atoms with van der Waals surface area (Å²) in [5.74, 6) is 2.61. The molecule has 0 unspecified atom stereocenters. The lowest BCUT2D eigenvalue weighted by Crippen LogP contribution is -2.21. The summed E-state index contributed by atoms with van der Waals surface area (Å²) >= 11 is 0. The maximum Gasteiger partial charge on any atom is 0.224 e. The first-order chi connectivity index (χ1) is 7.29. The number of nitrogens with zero attached hydrogens (tertiary/aromatic N) is 3. The summed E-state index contributed by atoms with van der Waals surface area (Å²) in [6.45, 7) is 4.02. The Balaban J connectivity index is 2.01. The molecule has 1 aromatic heterocycles. The number of aromatic nitrogens is 2. The normalized spacial score (nSPS) is 15.1. The van der Waals surface area contributed by atoms with Gasteiger partial charge in [0.05, 0.1) is 0 Å². The van der Waals surface area contributed by atoms with Crippen LogP contribution in [0.25, 0.3) is 0 Å². The minimum Gasteiger partial charge on any atom is -0.359 e. The van der Waals surface area contributed by atoms with E-state index in [1.54, 1.807) is 0 Å². The Labute approximate surface area is 90.7 Å². The van der Waals surface area contributed by atoms with Gasteiger partial charge in [-0.3, -0.25) is 0 Å². The minimum absolute atomic E-state index is 0.720. The summed E-state index contributed by atoms with van der Waals surface area (Å²) in [4.78, 5) is 10.8. The zero-order chi connectivity index (χ0) is 10.7. The van der Waals surface area contributed by atoms with Gasteiger partial charge in [-0.25, -0.2) is 4.98 Å². The molecule has 1 aliphatic carbocycles. The van der Waals surface area contributed by atoms with E-state index in [9.17, 15) is 0 Å². The average Bonchev–Trinajstić information content (AvgIpc) is 3.03. The number of hydrogen-bond donors (Lipinski definition) is 1. The molecule has 4 heteroatoms. The topological polar surface area (TPSA) is 41.1 Å². The second-order valence-electron chi connectivity index (χ2n) is 4.09. The van der Waals surface area contributed by atoms with E-state index >= 15 is 0 Å². The first kappa shape index (κ1) is 10.2. The maximum absolute atomic E-state index is 4.45. The Hall–Kier alpha value is -1.32. The molecule has 1 aliphatic rings. The predicted octanol–water partition coefficient (Wildman–Crippen LogP) is 1.75. The Kier molecular flexibility index (Phi) is 3.04. The molecule has 0 atom stereocenters. The highest BCUT2D eigenvalue weighted by molar-refractivity contribution is 5.41. The predicted molar refractivity (Wildman–Crippen MR) is 62.2 cm³/mol. The molecule has 82 valence electrons. The highest BCUT2D eigenvalue weighted by atomic mass is 15.2. The quantitative estimate of drug-likeness (QED) is 0.797. The van der Waals surface area contributed by atoms with E-state index in [4.69, 9.17) is 0 Å². The zero-order valence-electron chi connectivity index (χ0n) is 9.40. The molecule has 0 bridgehead atoms. The molecule has 1 heterocycles. The summed E-state index contributed by atoms with van der Waals surface area (Å²) in [5, 5.41) is 3.12. The summed E-state index contributed by atoms with van der Waals surface area (Å²) in [7, 11) is 2.09. The van der Waals surface area contributed by atoms with Crippen LogP contribution in [0.5, 0.6) is 0 Å². The van der Waals surface area contributed by atoms with Crippen molar-refractivity contribution in [2.24, 2.45) is 5.92 Å². The highest BCUT2D eigenvalue weighted by Crippen LogP contribution is 2.30. The van der Waals surface area contributed by atoms with Crippen molar-refractivity contribution < 1.29 is 0 Å². The van der Waals surface area contributed by atoms with E-state index in [0.29, 0.717) is 0 Å². The van der Waals surface area contributed by atoms with Crippen LogP contribution in [-0.4, -0.2) is 30.1 Å². The third-order valence-electron chi connectivity index (χ3n) is 2.60. The number of nitrogens with one attached hydrogen (secondary N) is 1. The van der Waals surface area contributed by atoms with Gasteiger partial charge in [0.15, 0.2) is 0 Å². The minimum atomic E-state index is 0.720. The van der Waals surface area contributed by atoms with Crippen LogP contribution in [0.4, 0.5) is 11.8 Å². The Bertz CT molecular complexity index is 322. The molecular formula is C11H18N4. The van der Waals surface area contributed by atoms with Crippen molar-refractivity contribution in [2.75, 3.05) is 30.4 Å². The molecule has 1 saturated carbocycles. The van der Waals surface area contributed by atoms with E-state index in [0.717, 1.165) is 30.8 Å². The molecule has 1 aromatic rings. The summed E-state index contributed by atoms with van der Waals surface area (Å²) < 4.78 is 0. The van der Waals surface area contributed by atoms with Crippen molar-refractivity contribution in [3.8, 4) is 0 Å². The largest absolute Gasteiger partial charge is 0.359 e. The first-order valence-electron chi connectivity index (χ1n) is 5.57. The van der Waals surface area contributed by atoms with Gasteiger partial charge in [0.1, 0.15) is 5.82 Å². The zero-order valence-corrected chi connectivity index (χ0v) is 9.40. The van der Waals surface area contributed by atoms with Crippen molar-refractivity contribution in [3.63, 3.8) is 0 Å². The number of hydrogen-bond acceptors (Lipinski definition) is 4. The van der Waals surface area contributed by atoms with E-state index in [1.807, 2.05) is 19.2 Å². The monoisotopic (exact) mass is 206 g/mol. The van der Waals surface area contributed by atoms with Crippen LogP contribution >= 0.6 is 0 Å². The van der Waals surface area contributed by atoms with Crippen LogP contribution in [0.2, 0.25) is 0 Å². The SMILES string of the molecule is CCNc1nccc(N(C)CC2CC2)n1. The lowest BCUT2D eigenvalue weighted by atomic mass is 10.4. The average molecular weight is 206 g/mol. The molecule has 0 aliphatic heterocycles.